The van der Waals surface area contributed by atoms with Crippen molar-refractivity contribution < 1.29 is 4.74 Å². The van der Waals surface area contributed by atoms with Crippen LogP contribution < -0.4 is 21.3 Å². The van der Waals surface area contributed by atoms with Crippen molar-refractivity contribution >= 4 is 23.2 Å². The summed E-state index contributed by atoms with van der Waals surface area (Å²) in [6.07, 6.45) is 0. The number of nitrogens with one attached hydrogen (secondary N) is 2. The van der Waals surface area contributed by atoms with Gasteiger partial charge in [0.05, 0.1) is 6.61 Å². The van der Waals surface area contributed by atoms with Crippen LogP contribution in [0.3, 0.4) is 0 Å². The summed E-state index contributed by atoms with van der Waals surface area (Å²) in [5.41, 5.74) is 3.55. The monoisotopic (exact) mass is 266 g/mol. The molecule has 0 aromatic carbocycles. The lowest BCUT2D eigenvalue weighted by Crippen LogP contribution is -2.14. The van der Waals surface area contributed by atoms with Crippen molar-refractivity contribution in [2.75, 3.05) is 17.3 Å². The molecule has 0 atom stereocenters. The Labute approximate surface area is 108 Å². The normalized spacial score (nSPS) is 10.1. The molecule has 0 aliphatic rings. The first-order valence-electron chi connectivity index (χ1n) is 5.42. The lowest BCUT2D eigenvalue weighted by Gasteiger charge is -2.07. The molecule has 18 heavy (non-hydrogen) atoms. The van der Waals surface area contributed by atoms with E-state index < -0.39 is 0 Å². The molecule has 0 unspecified atom stereocenters. The molecule has 0 aliphatic carbocycles. The van der Waals surface area contributed by atoms with E-state index in [2.05, 4.69) is 31.1 Å². The summed E-state index contributed by atoms with van der Waals surface area (Å²) < 4.78 is 5.23. The number of nitrogens with zero attached hydrogens (tertiary/aromatic N) is 3. The van der Waals surface area contributed by atoms with Crippen LogP contribution in [0.25, 0.3) is 0 Å². The summed E-state index contributed by atoms with van der Waals surface area (Å²) in [7, 11) is 0. The minimum atomic E-state index is 0.244. The number of hydrogen-bond donors (Lipinski definition) is 3. The van der Waals surface area contributed by atoms with Crippen LogP contribution in [0, 0.1) is 0 Å². The van der Waals surface area contributed by atoms with Gasteiger partial charge in [0, 0.05) is 6.54 Å². The minimum Gasteiger partial charge on any atom is -0.464 e. The molecule has 0 bridgehead atoms. The van der Waals surface area contributed by atoms with E-state index in [9.17, 15) is 0 Å². The van der Waals surface area contributed by atoms with Crippen LogP contribution in [0.15, 0.2) is 16.8 Å². The highest BCUT2D eigenvalue weighted by atomic mass is 32.1. The average Bonchev–Trinajstić information content (AvgIpc) is 2.89. The van der Waals surface area contributed by atoms with Crippen molar-refractivity contribution in [3.63, 3.8) is 0 Å². The Bertz CT molecular complexity index is 489. The molecular formula is C10H14N6OS. The predicted molar refractivity (Wildman–Crippen MR) is 70.5 cm³/mol. The standard InChI is InChI=1S/C10H14N6OS/c1-2-17-10-14-8(13-9(15-10)16-11)12-5-7-3-4-18-6-7/h3-4,6H,2,5,11H2,1H3,(H2,12,13,14,15,16). The van der Waals surface area contributed by atoms with Gasteiger partial charge in [0.1, 0.15) is 0 Å². The van der Waals surface area contributed by atoms with Crippen molar-refractivity contribution in [3.05, 3.63) is 22.4 Å². The van der Waals surface area contributed by atoms with Crippen LogP contribution >= 0.6 is 11.3 Å². The number of nitrogen functional groups attached to an aromatic ring is 1. The summed E-state index contributed by atoms with van der Waals surface area (Å²) >= 11 is 1.64. The highest BCUT2D eigenvalue weighted by Crippen LogP contribution is 2.12. The molecule has 0 saturated carbocycles. The summed E-state index contributed by atoms with van der Waals surface area (Å²) in [4.78, 5) is 12.2. The van der Waals surface area contributed by atoms with Gasteiger partial charge in [-0.15, -0.1) is 0 Å². The number of anilines is 2. The molecule has 8 heteroatoms. The Morgan fingerprint density at radius 2 is 2.17 bits per heavy atom. The van der Waals surface area contributed by atoms with Gasteiger partial charge >= 0.3 is 6.01 Å². The molecule has 0 spiro atoms. The molecule has 4 N–H and O–H groups in total. The maximum atomic E-state index is 5.29. The zero-order chi connectivity index (χ0) is 12.8. The number of ether oxygens (including phenoxy) is 1. The van der Waals surface area contributed by atoms with E-state index >= 15 is 0 Å². The van der Waals surface area contributed by atoms with Crippen LogP contribution in [-0.4, -0.2) is 21.6 Å². The molecule has 2 rings (SSSR count). The Kier molecular flexibility index (Phi) is 4.26. The first kappa shape index (κ1) is 12.5. The fraction of sp³-hybridized carbons (Fsp3) is 0.300. The van der Waals surface area contributed by atoms with Crippen LogP contribution in [0.4, 0.5) is 11.9 Å². The lowest BCUT2D eigenvalue weighted by molar-refractivity contribution is 0.312. The molecule has 0 aliphatic heterocycles. The SMILES string of the molecule is CCOc1nc(NN)nc(NCc2ccsc2)n1. The van der Waals surface area contributed by atoms with Crippen LogP contribution in [0.2, 0.25) is 0 Å². The topological polar surface area (TPSA) is 98.0 Å². The molecule has 0 radical (unpaired) electrons. The summed E-state index contributed by atoms with van der Waals surface area (Å²) in [6.45, 7) is 2.99. The Morgan fingerprint density at radius 1 is 1.33 bits per heavy atom. The van der Waals surface area contributed by atoms with Gasteiger partial charge in [-0.25, -0.2) is 5.84 Å². The van der Waals surface area contributed by atoms with Gasteiger partial charge in [-0.2, -0.15) is 26.3 Å². The van der Waals surface area contributed by atoms with Gasteiger partial charge < -0.3 is 10.1 Å². The molecule has 0 saturated heterocycles. The third-order valence-electron chi connectivity index (χ3n) is 2.05. The van der Waals surface area contributed by atoms with Crippen molar-refractivity contribution in [1.29, 1.82) is 0 Å². The molecular weight excluding hydrogens is 252 g/mol. The lowest BCUT2D eigenvalue weighted by atomic mass is 10.3. The van der Waals surface area contributed by atoms with Crippen LogP contribution in [-0.2, 0) is 6.54 Å². The van der Waals surface area contributed by atoms with E-state index in [4.69, 9.17) is 10.6 Å². The smallest absolute Gasteiger partial charge is 0.323 e. The second-order valence-corrected chi connectivity index (χ2v) is 4.11. The molecule has 0 amide bonds. The quantitative estimate of drug-likeness (QED) is 0.534. The molecule has 2 aromatic heterocycles. The number of rotatable bonds is 6. The fourth-order valence-electron chi connectivity index (χ4n) is 1.27. The first-order chi connectivity index (χ1) is 8.81. The van der Waals surface area contributed by atoms with Gasteiger partial charge in [0.15, 0.2) is 0 Å². The van der Waals surface area contributed by atoms with Crippen molar-refractivity contribution in [2.45, 2.75) is 13.5 Å². The van der Waals surface area contributed by atoms with Crippen LogP contribution in [0.1, 0.15) is 12.5 Å². The molecule has 7 nitrogen and oxygen atoms in total. The van der Waals surface area contributed by atoms with Crippen molar-refractivity contribution in [1.82, 2.24) is 15.0 Å². The van der Waals surface area contributed by atoms with E-state index in [1.165, 1.54) is 5.56 Å². The fourth-order valence-corrected chi connectivity index (χ4v) is 1.94. The van der Waals surface area contributed by atoms with Crippen molar-refractivity contribution in [2.24, 2.45) is 5.84 Å². The first-order valence-corrected chi connectivity index (χ1v) is 6.36. The van der Waals surface area contributed by atoms with E-state index in [0.29, 0.717) is 19.1 Å². The average molecular weight is 266 g/mol. The van der Waals surface area contributed by atoms with Gasteiger partial charge in [0.25, 0.3) is 0 Å². The number of nitrogens with two attached hydrogens (primary N) is 1. The van der Waals surface area contributed by atoms with Gasteiger partial charge in [-0.1, -0.05) is 0 Å². The zero-order valence-electron chi connectivity index (χ0n) is 9.88. The molecule has 2 aromatic rings. The maximum Gasteiger partial charge on any atom is 0.323 e. The summed E-state index contributed by atoms with van der Waals surface area (Å²) in [5, 5.41) is 7.16. The van der Waals surface area contributed by atoms with E-state index in [1.54, 1.807) is 11.3 Å². The maximum absolute atomic E-state index is 5.29. The van der Waals surface area contributed by atoms with Gasteiger partial charge in [0.2, 0.25) is 11.9 Å². The predicted octanol–water partition coefficient (Wildman–Crippen LogP) is 1.23. The molecule has 96 valence electrons. The largest absolute Gasteiger partial charge is 0.464 e. The zero-order valence-corrected chi connectivity index (χ0v) is 10.7. The van der Waals surface area contributed by atoms with Crippen LogP contribution in [0.5, 0.6) is 6.01 Å². The minimum absolute atomic E-state index is 0.244. The Balaban J connectivity index is 2.08. The highest BCUT2D eigenvalue weighted by molar-refractivity contribution is 7.07. The third kappa shape index (κ3) is 3.28. The van der Waals surface area contributed by atoms with Gasteiger partial charge in [-0.3, -0.25) is 5.43 Å². The van der Waals surface area contributed by atoms with E-state index in [-0.39, 0.29) is 12.0 Å². The third-order valence-corrected chi connectivity index (χ3v) is 2.78. The summed E-state index contributed by atoms with van der Waals surface area (Å²) in [5.74, 6) is 5.98. The second kappa shape index (κ2) is 6.12. The van der Waals surface area contributed by atoms with E-state index in [1.807, 2.05) is 18.4 Å². The second-order valence-electron chi connectivity index (χ2n) is 3.33. The number of thiophene rings is 1. The summed E-state index contributed by atoms with van der Waals surface area (Å²) in [6, 6.07) is 2.28. The molecule has 2 heterocycles. The number of aromatic nitrogens is 3. The van der Waals surface area contributed by atoms with Gasteiger partial charge in [-0.05, 0) is 29.3 Å². The highest BCUT2D eigenvalue weighted by Gasteiger charge is 2.06. The number of hydrazine groups is 1. The Hall–Kier alpha value is -1.93. The number of hydrogen-bond acceptors (Lipinski definition) is 8. The van der Waals surface area contributed by atoms with Crippen molar-refractivity contribution in [3.8, 4) is 6.01 Å². The Morgan fingerprint density at radius 3 is 2.83 bits per heavy atom. The molecule has 0 fully saturated rings. The van der Waals surface area contributed by atoms with E-state index in [0.717, 1.165) is 0 Å².